The van der Waals surface area contributed by atoms with Gasteiger partial charge in [-0.25, -0.2) is 9.69 Å². The van der Waals surface area contributed by atoms with Crippen LogP contribution in [0.5, 0.6) is 17.2 Å². The Morgan fingerprint density at radius 1 is 0.795 bits per heavy atom. The molecule has 0 radical (unpaired) electrons. The molecule has 4 aliphatic heterocycles. The van der Waals surface area contributed by atoms with Gasteiger partial charge in [0.15, 0.2) is 11.5 Å². The summed E-state index contributed by atoms with van der Waals surface area (Å²) in [4.78, 5) is 80.3. The van der Waals surface area contributed by atoms with Crippen molar-refractivity contribution in [1.82, 2.24) is 9.80 Å². The zero-order valence-corrected chi connectivity index (χ0v) is 43.0. The molecule has 396 valence electrons. The minimum atomic E-state index is -2.17. The van der Waals surface area contributed by atoms with Crippen molar-refractivity contribution in [2.45, 2.75) is 74.9 Å². The van der Waals surface area contributed by atoms with Gasteiger partial charge in [0.05, 0.1) is 49.4 Å². The molecular formula is C62H56N4O12. The van der Waals surface area contributed by atoms with Gasteiger partial charge >= 0.3 is 12.1 Å². The standard InChI is InChI=1S/C62H56N4O12/c1-74-51-35-44-30-31-63(37-45(44)36-52(51)75-2)58(68)53-55-59(69)78-56(43-18-10-5-11-19-43)54(42-16-8-4-9-17-42)65(55)57(47-20-12-13-21-50(47)76-33-32-67)62(53)48-34-40(23-22-39-14-6-3-7-15-39)26-29-49(48)64(60(62)70)61(71)77-38-41-24-27-46(28-25-41)66(72)73/h4-5,8-14,16-21,24-29,34-36,53-57,67H,3,6-7,15,30-33,37-38H2,1-2H3. The Hall–Kier alpha value is -8.78. The molecule has 4 heterocycles. The molecule has 6 aromatic rings. The van der Waals surface area contributed by atoms with Crippen molar-refractivity contribution in [2.24, 2.45) is 5.92 Å². The Morgan fingerprint density at radius 2 is 1.50 bits per heavy atom. The molecule has 1 aliphatic carbocycles. The van der Waals surface area contributed by atoms with Crippen molar-refractivity contribution in [3.63, 3.8) is 0 Å². The van der Waals surface area contributed by atoms with E-state index in [0.717, 1.165) is 47.3 Å². The number of cyclic esters (lactones) is 1. The van der Waals surface area contributed by atoms with Crippen molar-refractivity contribution >= 4 is 35.3 Å². The summed E-state index contributed by atoms with van der Waals surface area (Å²) in [6.07, 6.45) is 4.20. The third-order valence-electron chi connectivity index (χ3n) is 15.7. The molecule has 78 heavy (non-hydrogen) atoms. The molecule has 2 fully saturated rings. The van der Waals surface area contributed by atoms with E-state index in [1.165, 1.54) is 31.4 Å². The highest BCUT2D eigenvalue weighted by Crippen LogP contribution is 2.67. The summed E-state index contributed by atoms with van der Waals surface area (Å²) in [5.41, 5.74) is 3.39. The van der Waals surface area contributed by atoms with E-state index in [9.17, 15) is 15.2 Å². The van der Waals surface area contributed by atoms with Gasteiger partial charge in [0.25, 0.3) is 5.69 Å². The molecule has 3 amide bonds. The van der Waals surface area contributed by atoms with Gasteiger partial charge in [-0.15, -0.1) is 0 Å². The number of aliphatic hydroxyl groups is 1. The van der Waals surface area contributed by atoms with Crippen LogP contribution in [0.2, 0.25) is 0 Å². The van der Waals surface area contributed by atoms with E-state index in [1.807, 2.05) is 77.7 Å². The first kappa shape index (κ1) is 51.3. The third kappa shape index (κ3) is 9.08. The van der Waals surface area contributed by atoms with Crippen LogP contribution in [0.15, 0.2) is 151 Å². The number of nitrogens with zero attached hydrogens (tertiary/aromatic N) is 4. The number of allylic oxidation sites excluding steroid dienone is 2. The normalized spacial score (nSPS) is 22.2. The molecule has 1 spiro atoms. The number of fused-ring (bicyclic) bond motifs is 4. The number of morpholine rings is 1. The van der Waals surface area contributed by atoms with Crippen LogP contribution in [0.1, 0.15) is 88.4 Å². The molecular weight excluding hydrogens is 993 g/mol. The van der Waals surface area contributed by atoms with Gasteiger partial charge in [0.1, 0.15) is 36.5 Å². The number of carbonyl (C=O) groups excluding carboxylic acids is 4. The van der Waals surface area contributed by atoms with Crippen LogP contribution in [0, 0.1) is 27.9 Å². The smallest absolute Gasteiger partial charge is 0.421 e. The van der Waals surface area contributed by atoms with Crippen LogP contribution in [-0.4, -0.2) is 83.7 Å². The molecule has 11 rings (SSSR count). The Kier molecular flexibility index (Phi) is 14.3. The number of methoxy groups -OCH3 is 2. The molecule has 16 heteroatoms. The average Bonchev–Trinajstić information content (AvgIpc) is 2.95. The average molecular weight is 1050 g/mol. The predicted molar refractivity (Wildman–Crippen MR) is 286 cm³/mol. The predicted octanol–water partition coefficient (Wildman–Crippen LogP) is 9.42. The number of hydrogen-bond donors (Lipinski definition) is 1. The van der Waals surface area contributed by atoms with Crippen molar-refractivity contribution in [1.29, 1.82) is 0 Å². The van der Waals surface area contributed by atoms with E-state index < -0.39 is 64.4 Å². The number of hydrogen-bond acceptors (Lipinski definition) is 13. The number of esters is 1. The summed E-state index contributed by atoms with van der Waals surface area (Å²) in [6, 6.07) is 36.6. The molecule has 6 unspecified atom stereocenters. The second-order valence-corrected chi connectivity index (χ2v) is 19.9. The molecule has 5 aliphatic rings. The lowest BCUT2D eigenvalue weighted by Gasteiger charge is -2.46. The van der Waals surface area contributed by atoms with Crippen LogP contribution in [0.25, 0.3) is 0 Å². The number of amides is 3. The lowest BCUT2D eigenvalue weighted by molar-refractivity contribution is -0.384. The second-order valence-electron chi connectivity index (χ2n) is 19.9. The van der Waals surface area contributed by atoms with Gasteiger partial charge in [-0.05, 0) is 120 Å². The molecule has 1 N–H and O–H groups in total. The number of carbonyl (C=O) groups is 4. The van der Waals surface area contributed by atoms with Gasteiger partial charge in [-0.2, -0.15) is 0 Å². The van der Waals surface area contributed by atoms with Crippen molar-refractivity contribution < 1.29 is 52.9 Å². The van der Waals surface area contributed by atoms with Crippen molar-refractivity contribution in [3.8, 4) is 29.1 Å². The lowest BCUT2D eigenvalue weighted by Crippen LogP contribution is -2.57. The Morgan fingerprint density at radius 3 is 2.19 bits per heavy atom. The summed E-state index contributed by atoms with van der Waals surface area (Å²) >= 11 is 0. The number of ether oxygens (including phenoxy) is 5. The first-order valence-corrected chi connectivity index (χ1v) is 26.1. The van der Waals surface area contributed by atoms with Crippen molar-refractivity contribution in [3.05, 3.63) is 206 Å². The summed E-state index contributed by atoms with van der Waals surface area (Å²) in [7, 11) is 3.09. The Bertz CT molecular complexity index is 3410. The number of imide groups is 1. The number of benzene rings is 6. The van der Waals surface area contributed by atoms with Gasteiger partial charge < -0.3 is 33.7 Å². The number of aliphatic hydroxyl groups excluding tert-OH is 1. The van der Waals surface area contributed by atoms with Gasteiger partial charge in [0.2, 0.25) is 11.8 Å². The molecule has 16 nitrogen and oxygen atoms in total. The van der Waals surface area contributed by atoms with E-state index in [-0.39, 0.29) is 55.6 Å². The molecule has 0 bridgehead atoms. The quantitative estimate of drug-likeness (QED) is 0.0529. The highest BCUT2D eigenvalue weighted by Gasteiger charge is 2.76. The molecule has 6 atom stereocenters. The van der Waals surface area contributed by atoms with Crippen molar-refractivity contribution in [2.75, 3.05) is 38.9 Å². The molecule has 0 saturated carbocycles. The van der Waals surface area contributed by atoms with Gasteiger partial charge in [-0.1, -0.05) is 96.8 Å². The Labute approximate surface area is 450 Å². The summed E-state index contributed by atoms with van der Waals surface area (Å²) in [6.45, 7) is -0.603. The Balaban J connectivity index is 1.18. The monoisotopic (exact) mass is 1050 g/mol. The highest BCUT2D eigenvalue weighted by atomic mass is 16.6. The number of para-hydroxylation sites is 1. The van der Waals surface area contributed by atoms with E-state index in [0.29, 0.717) is 45.7 Å². The zero-order valence-electron chi connectivity index (χ0n) is 43.0. The highest BCUT2D eigenvalue weighted by molar-refractivity contribution is 6.23. The number of nitro groups is 1. The SMILES string of the molecule is COc1cc2c(cc1OC)CN(C(=O)C1C3C(=O)OC(c4ccccc4)C(c4ccccc4)N3C(c3ccccc3OCCO)C13C(=O)N(C(=O)OCc1ccc([N+](=O)[O-])cc1)c1ccc(C#CC4=CCCCC4)cc13)CC2. The van der Waals surface area contributed by atoms with Crippen LogP contribution in [-0.2, 0) is 48.8 Å². The topological polar surface area (TPSA) is 188 Å². The molecule has 6 aromatic carbocycles. The largest absolute Gasteiger partial charge is 0.493 e. The minimum Gasteiger partial charge on any atom is -0.493 e. The van der Waals surface area contributed by atoms with Crippen LogP contribution >= 0.6 is 0 Å². The zero-order chi connectivity index (χ0) is 54.1. The number of non-ortho nitro benzene ring substituents is 1. The maximum atomic E-state index is 17.0. The molecule has 0 aromatic heterocycles. The second kappa shape index (κ2) is 21.7. The van der Waals surface area contributed by atoms with E-state index in [2.05, 4.69) is 17.9 Å². The fraction of sp³-hybridized carbons (Fsp3) is 0.290. The maximum absolute atomic E-state index is 17.0. The number of nitro benzene ring substituents is 1. The lowest BCUT2D eigenvalue weighted by atomic mass is 9.64. The van der Waals surface area contributed by atoms with Gasteiger partial charge in [0, 0.05) is 36.3 Å². The maximum Gasteiger partial charge on any atom is 0.421 e. The van der Waals surface area contributed by atoms with Crippen LogP contribution < -0.4 is 19.1 Å². The molecule has 2 saturated heterocycles. The van der Waals surface area contributed by atoms with Gasteiger partial charge in [-0.3, -0.25) is 29.4 Å². The third-order valence-corrected chi connectivity index (χ3v) is 15.7. The fourth-order valence-corrected chi connectivity index (χ4v) is 12.2. The van der Waals surface area contributed by atoms with Crippen LogP contribution in [0.3, 0.4) is 0 Å². The minimum absolute atomic E-state index is 0.0706. The number of anilines is 1. The van der Waals surface area contributed by atoms with E-state index in [1.54, 1.807) is 54.5 Å². The van der Waals surface area contributed by atoms with E-state index in [4.69, 9.17) is 23.7 Å². The fourth-order valence-electron chi connectivity index (χ4n) is 12.2. The summed E-state index contributed by atoms with van der Waals surface area (Å²) < 4.78 is 30.5. The summed E-state index contributed by atoms with van der Waals surface area (Å²) in [5.74, 6) is 4.21. The first-order chi connectivity index (χ1) is 38.0. The van der Waals surface area contributed by atoms with E-state index >= 15 is 19.2 Å². The van der Waals surface area contributed by atoms with Crippen LogP contribution in [0.4, 0.5) is 16.2 Å². The summed E-state index contributed by atoms with van der Waals surface area (Å²) in [5, 5.41) is 21.8. The number of rotatable bonds is 12. The first-order valence-electron chi connectivity index (χ1n) is 26.1.